The van der Waals surface area contributed by atoms with E-state index in [-0.39, 0.29) is 17.8 Å². The summed E-state index contributed by atoms with van der Waals surface area (Å²) < 4.78 is 1.10. The van der Waals surface area contributed by atoms with E-state index in [0.29, 0.717) is 6.04 Å². The molecule has 1 aromatic carbocycles. The van der Waals surface area contributed by atoms with Gasteiger partial charge in [0.15, 0.2) is 0 Å². The van der Waals surface area contributed by atoms with Gasteiger partial charge in [0.1, 0.15) is 5.01 Å². The van der Waals surface area contributed by atoms with E-state index >= 15 is 0 Å². The van der Waals surface area contributed by atoms with Crippen molar-refractivity contribution in [1.29, 1.82) is 0 Å². The van der Waals surface area contributed by atoms with Crippen LogP contribution in [0.1, 0.15) is 25.1 Å². The third-order valence-electron chi connectivity index (χ3n) is 4.42. The molecule has 0 spiro atoms. The zero-order chi connectivity index (χ0) is 15.7. The predicted octanol–water partition coefficient (Wildman–Crippen LogP) is 4.55. The van der Waals surface area contributed by atoms with Crippen LogP contribution in [0.4, 0.5) is 0 Å². The Morgan fingerprint density at radius 1 is 1.35 bits per heavy atom. The zero-order valence-electron chi connectivity index (χ0n) is 13.5. The second kappa shape index (κ2) is 7.62. The van der Waals surface area contributed by atoms with Crippen LogP contribution in [-0.4, -0.2) is 29.0 Å². The molecular weight excluding hydrogens is 394 g/mol. The molecule has 1 aromatic heterocycles. The number of rotatable bonds is 3. The minimum atomic E-state index is 0. The molecular formula is C17H23BrClN3S. The average molecular weight is 417 g/mol. The third-order valence-corrected chi connectivity index (χ3v) is 5.98. The normalized spacial score (nSPS) is 21.0. The Labute approximate surface area is 156 Å². The van der Waals surface area contributed by atoms with Gasteiger partial charge in [0.05, 0.1) is 0 Å². The van der Waals surface area contributed by atoms with E-state index in [1.807, 2.05) is 6.20 Å². The van der Waals surface area contributed by atoms with Gasteiger partial charge in [0.2, 0.25) is 0 Å². The van der Waals surface area contributed by atoms with Gasteiger partial charge in [0.25, 0.3) is 0 Å². The first kappa shape index (κ1) is 18.9. The van der Waals surface area contributed by atoms with Gasteiger partial charge < -0.3 is 5.73 Å². The van der Waals surface area contributed by atoms with Gasteiger partial charge in [0, 0.05) is 46.8 Å². The van der Waals surface area contributed by atoms with Gasteiger partial charge in [-0.25, -0.2) is 4.98 Å². The molecule has 1 aliphatic rings. The molecule has 3 rings (SSSR count). The van der Waals surface area contributed by atoms with E-state index in [9.17, 15) is 0 Å². The van der Waals surface area contributed by atoms with Crippen molar-refractivity contribution >= 4 is 39.7 Å². The SMILES string of the molecule is CC1(C)CN(Cc2cnc(-c3ccc(Br)cc3)s2)CCC1N.Cl. The van der Waals surface area contributed by atoms with Crippen molar-refractivity contribution in [2.45, 2.75) is 32.9 Å². The highest BCUT2D eigenvalue weighted by atomic mass is 79.9. The first-order valence-electron chi connectivity index (χ1n) is 7.63. The summed E-state index contributed by atoms with van der Waals surface area (Å²) in [6.45, 7) is 7.65. The quantitative estimate of drug-likeness (QED) is 0.798. The summed E-state index contributed by atoms with van der Waals surface area (Å²) in [4.78, 5) is 8.41. The van der Waals surface area contributed by atoms with E-state index in [0.717, 1.165) is 35.5 Å². The Kier molecular flexibility index (Phi) is 6.25. The van der Waals surface area contributed by atoms with Crippen molar-refractivity contribution in [3.05, 3.63) is 39.8 Å². The van der Waals surface area contributed by atoms with Gasteiger partial charge in [-0.1, -0.05) is 41.9 Å². The van der Waals surface area contributed by atoms with Crippen LogP contribution in [0.15, 0.2) is 34.9 Å². The number of likely N-dealkylation sites (tertiary alicyclic amines) is 1. The first-order valence-corrected chi connectivity index (χ1v) is 9.23. The number of hydrogen-bond acceptors (Lipinski definition) is 4. The maximum Gasteiger partial charge on any atom is 0.123 e. The maximum atomic E-state index is 6.22. The summed E-state index contributed by atoms with van der Waals surface area (Å²) in [6, 6.07) is 8.64. The fourth-order valence-electron chi connectivity index (χ4n) is 2.95. The van der Waals surface area contributed by atoms with Crippen LogP contribution in [0.5, 0.6) is 0 Å². The Morgan fingerprint density at radius 3 is 2.70 bits per heavy atom. The summed E-state index contributed by atoms with van der Waals surface area (Å²) in [5, 5.41) is 1.09. The lowest BCUT2D eigenvalue weighted by atomic mass is 9.80. The van der Waals surface area contributed by atoms with Crippen LogP contribution in [-0.2, 0) is 6.54 Å². The maximum absolute atomic E-state index is 6.22. The number of nitrogens with two attached hydrogens (primary N) is 1. The van der Waals surface area contributed by atoms with Crippen LogP contribution in [0, 0.1) is 5.41 Å². The molecule has 0 saturated carbocycles. The molecule has 0 amide bonds. The fourth-order valence-corrected chi connectivity index (χ4v) is 4.17. The summed E-state index contributed by atoms with van der Waals surface area (Å²) in [6.07, 6.45) is 3.09. The monoisotopic (exact) mass is 415 g/mol. The van der Waals surface area contributed by atoms with Crippen LogP contribution in [0.3, 0.4) is 0 Å². The van der Waals surface area contributed by atoms with Gasteiger partial charge in [-0.2, -0.15) is 0 Å². The number of piperidine rings is 1. The van der Waals surface area contributed by atoms with E-state index in [1.165, 1.54) is 10.4 Å². The van der Waals surface area contributed by atoms with Gasteiger partial charge in [-0.3, -0.25) is 4.90 Å². The van der Waals surface area contributed by atoms with Gasteiger partial charge in [-0.15, -0.1) is 23.7 Å². The van der Waals surface area contributed by atoms with Crippen LogP contribution in [0.2, 0.25) is 0 Å². The van der Waals surface area contributed by atoms with Crippen molar-refractivity contribution in [3.63, 3.8) is 0 Å². The van der Waals surface area contributed by atoms with Crippen molar-refractivity contribution in [2.75, 3.05) is 13.1 Å². The highest BCUT2D eigenvalue weighted by molar-refractivity contribution is 9.10. The molecule has 2 aromatic rings. The van der Waals surface area contributed by atoms with Gasteiger partial charge in [-0.05, 0) is 24.0 Å². The van der Waals surface area contributed by atoms with E-state index in [4.69, 9.17) is 5.73 Å². The molecule has 1 saturated heterocycles. The average Bonchev–Trinajstić information content (AvgIpc) is 2.92. The van der Waals surface area contributed by atoms with Crippen molar-refractivity contribution in [1.82, 2.24) is 9.88 Å². The molecule has 6 heteroatoms. The van der Waals surface area contributed by atoms with Crippen LogP contribution >= 0.6 is 39.7 Å². The lowest BCUT2D eigenvalue weighted by molar-refractivity contribution is 0.0906. The molecule has 0 radical (unpaired) electrons. The minimum absolute atomic E-state index is 0. The smallest absolute Gasteiger partial charge is 0.123 e. The van der Waals surface area contributed by atoms with E-state index in [2.05, 4.69) is 63.9 Å². The molecule has 1 unspecified atom stereocenters. The Morgan fingerprint density at radius 2 is 2.04 bits per heavy atom. The lowest BCUT2D eigenvalue weighted by Crippen LogP contribution is -2.51. The highest BCUT2D eigenvalue weighted by Gasteiger charge is 2.33. The lowest BCUT2D eigenvalue weighted by Gasteiger charge is -2.42. The number of nitrogens with zero attached hydrogens (tertiary/aromatic N) is 2. The van der Waals surface area contributed by atoms with Gasteiger partial charge >= 0.3 is 0 Å². The summed E-state index contributed by atoms with van der Waals surface area (Å²) in [5.41, 5.74) is 7.59. The summed E-state index contributed by atoms with van der Waals surface area (Å²) >= 11 is 5.26. The number of thiazole rings is 1. The molecule has 1 aliphatic heterocycles. The zero-order valence-corrected chi connectivity index (χ0v) is 16.7. The Balaban J connectivity index is 0.00000192. The van der Waals surface area contributed by atoms with Crippen LogP contribution in [0.25, 0.3) is 10.6 Å². The second-order valence-corrected chi connectivity index (χ2v) is 8.76. The van der Waals surface area contributed by atoms with E-state index in [1.54, 1.807) is 11.3 Å². The third kappa shape index (κ3) is 4.54. The molecule has 0 aliphatic carbocycles. The molecule has 0 bridgehead atoms. The Hall–Kier alpha value is -0.460. The molecule has 3 nitrogen and oxygen atoms in total. The van der Waals surface area contributed by atoms with E-state index < -0.39 is 0 Å². The standard InChI is InChI=1S/C17H22BrN3S.ClH/c1-17(2)11-21(8-7-15(17)19)10-14-9-20-16(22-14)12-3-5-13(18)6-4-12;/h3-6,9,15H,7-8,10-11,19H2,1-2H3;1H. The molecule has 2 heterocycles. The molecule has 126 valence electrons. The second-order valence-electron chi connectivity index (χ2n) is 6.73. The molecule has 1 fully saturated rings. The molecule has 2 N–H and O–H groups in total. The first-order chi connectivity index (χ1) is 10.4. The van der Waals surface area contributed by atoms with Crippen molar-refractivity contribution in [3.8, 4) is 10.6 Å². The number of benzene rings is 1. The largest absolute Gasteiger partial charge is 0.327 e. The molecule has 1 atom stereocenters. The predicted molar refractivity (Wildman–Crippen MR) is 104 cm³/mol. The number of hydrogen-bond donors (Lipinski definition) is 1. The number of aromatic nitrogens is 1. The molecule has 23 heavy (non-hydrogen) atoms. The number of halogens is 2. The van der Waals surface area contributed by atoms with Crippen molar-refractivity contribution in [2.24, 2.45) is 11.1 Å². The topological polar surface area (TPSA) is 42.2 Å². The highest BCUT2D eigenvalue weighted by Crippen LogP contribution is 2.31. The minimum Gasteiger partial charge on any atom is -0.327 e. The Bertz CT molecular complexity index is 642. The van der Waals surface area contributed by atoms with Crippen LogP contribution < -0.4 is 5.73 Å². The van der Waals surface area contributed by atoms with Crippen molar-refractivity contribution < 1.29 is 0 Å². The summed E-state index contributed by atoms with van der Waals surface area (Å²) in [7, 11) is 0. The summed E-state index contributed by atoms with van der Waals surface area (Å²) in [5.74, 6) is 0. The fraction of sp³-hybridized carbons (Fsp3) is 0.471.